The van der Waals surface area contributed by atoms with Crippen LogP contribution in [-0.2, 0) is 9.59 Å². The first kappa shape index (κ1) is 11.1. The molecule has 0 bridgehead atoms. The first-order valence-corrected chi connectivity index (χ1v) is 5.81. The molecular formula is C13H17NO2. The molecular weight excluding hydrogens is 202 g/mol. The summed E-state index contributed by atoms with van der Waals surface area (Å²) in [5.74, 6) is 0.776. The fourth-order valence-corrected chi connectivity index (χ4v) is 2.30. The Morgan fingerprint density at radius 3 is 2.94 bits per heavy atom. The van der Waals surface area contributed by atoms with Gasteiger partial charge in [0.25, 0.3) is 0 Å². The predicted octanol–water partition coefficient (Wildman–Crippen LogP) is 1.90. The summed E-state index contributed by atoms with van der Waals surface area (Å²) in [6.07, 6.45) is 10.4. The van der Waals surface area contributed by atoms with Crippen molar-refractivity contribution in [3.8, 4) is 0 Å². The third-order valence-electron chi connectivity index (χ3n) is 3.30. The van der Waals surface area contributed by atoms with Gasteiger partial charge in [-0.1, -0.05) is 18.2 Å². The molecule has 3 nitrogen and oxygen atoms in total. The number of hydrogen-bond acceptors (Lipinski definition) is 2. The van der Waals surface area contributed by atoms with Crippen molar-refractivity contribution in [1.82, 2.24) is 4.90 Å². The van der Waals surface area contributed by atoms with Crippen LogP contribution in [0.1, 0.15) is 26.2 Å². The second kappa shape index (κ2) is 4.64. The molecule has 1 amide bonds. The van der Waals surface area contributed by atoms with Gasteiger partial charge in [-0.15, -0.1) is 0 Å². The van der Waals surface area contributed by atoms with Gasteiger partial charge < -0.3 is 4.90 Å². The molecule has 3 heteroatoms. The summed E-state index contributed by atoms with van der Waals surface area (Å²) >= 11 is 0. The Hall–Kier alpha value is -1.38. The average molecular weight is 219 g/mol. The van der Waals surface area contributed by atoms with Gasteiger partial charge in [0.15, 0.2) is 0 Å². The van der Waals surface area contributed by atoms with Gasteiger partial charge in [-0.25, -0.2) is 0 Å². The molecule has 2 rings (SSSR count). The van der Waals surface area contributed by atoms with E-state index < -0.39 is 0 Å². The molecule has 1 aliphatic heterocycles. The molecule has 0 aromatic carbocycles. The molecule has 0 aromatic rings. The Morgan fingerprint density at radius 2 is 2.19 bits per heavy atom. The van der Waals surface area contributed by atoms with Crippen LogP contribution in [0.3, 0.4) is 0 Å². The Kier molecular flexibility index (Phi) is 3.22. The van der Waals surface area contributed by atoms with Crippen LogP contribution < -0.4 is 0 Å². The molecule has 16 heavy (non-hydrogen) atoms. The molecule has 2 atom stereocenters. The van der Waals surface area contributed by atoms with Gasteiger partial charge in [0, 0.05) is 25.1 Å². The quantitative estimate of drug-likeness (QED) is 0.680. The van der Waals surface area contributed by atoms with Crippen LogP contribution in [0.25, 0.3) is 0 Å². The van der Waals surface area contributed by atoms with E-state index in [9.17, 15) is 9.59 Å². The molecule has 0 aromatic heterocycles. The second-order valence-electron chi connectivity index (χ2n) is 4.54. The predicted molar refractivity (Wildman–Crippen MR) is 61.5 cm³/mol. The lowest BCUT2D eigenvalue weighted by Gasteiger charge is -2.34. The standard InChI is InChI=1S/C13H17NO2/c1-10(15)6-8-14-9-7-11-4-2-3-5-12(11)13(14)16/h2-3,7,9,11-12H,4-6,8H2,1H3/t11-,12+/m0/s1. The summed E-state index contributed by atoms with van der Waals surface area (Å²) in [4.78, 5) is 24.7. The summed E-state index contributed by atoms with van der Waals surface area (Å²) in [5.41, 5.74) is 0. The summed E-state index contributed by atoms with van der Waals surface area (Å²) in [7, 11) is 0. The van der Waals surface area contributed by atoms with Crippen LogP contribution in [0, 0.1) is 11.8 Å². The van der Waals surface area contributed by atoms with Crippen molar-refractivity contribution < 1.29 is 9.59 Å². The number of Topliss-reactive ketones (excluding diaryl/α,β-unsaturated/α-hetero) is 1. The Morgan fingerprint density at radius 1 is 1.44 bits per heavy atom. The highest BCUT2D eigenvalue weighted by Gasteiger charge is 2.33. The number of nitrogens with zero attached hydrogens (tertiary/aromatic N) is 1. The summed E-state index contributed by atoms with van der Waals surface area (Å²) < 4.78 is 0. The molecule has 0 N–H and O–H groups in total. The third kappa shape index (κ3) is 2.23. The van der Waals surface area contributed by atoms with Crippen LogP contribution >= 0.6 is 0 Å². The summed E-state index contributed by atoms with van der Waals surface area (Å²) in [6, 6.07) is 0. The normalized spacial score (nSPS) is 28.1. The highest BCUT2D eigenvalue weighted by atomic mass is 16.2. The van der Waals surface area contributed by atoms with Crippen LogP contribution in [-0.4, -0.2) is 23.1 Å². The number of rotatable bonds is 3. The van der Waals surface area contributed by atoms with Gasteiger partial charge in [-0.3, -0.25) is 9.59 Å². The largest absolute Gasteiger partial charge is 0.319 e. The Bertz CT molecular complexity index is 357. The van der Waals surface area contributed by atoms with E-state index >= 15 is 0 Å². The molecule has 0 unspecified atom stereocenters. The van der Waals surface area contributed by atoms with E-state index in [0.717, 1.165) is 12.8 Å². The monoisotopic (exact) mass is 219 g/mol. The van der Waals surface area contributed by atoms with Gasteiger partial charge in [0.1, 0.15) is 5.78 Å². The lowest BCUT2D eigenvalue weighted by Crippen LogP contribution is -2.40. The van der Waals surface area contributed by atoms with E-state index in [2.05, 4.69) is 18.2 Å². The number of carbonyl (C=O) groups excluding carboxylic acids is 2. The number of amides is 1. The third-order valence-corrected chi connectivity index (χ3v) is 3.30. The highest BCUT2D eigenvalue weighted by Crippen LogP contribution is 2.31. The fraction of sp³-hybridized carbons (Fsp3) is 0.538. The number of fused-ring (bicyclic) bond motifs is 1. The molecule has 0 saturated heterocycles. The number of allylic oxidation sites excluding steroid dienone is 3. The molecule has 1 aliphatic carbocycles. The molecule has 86 valence electrons. The van der Waals surface area contributed by atoms with Crippen molar-refractivity contribution in [1.29, 1.82) is 0 Å². The topological polar surface area (TPSA) is 37.4 Å². The maximum Gasteiger partial charge on any atom is 0.230 e. The zero-order chi connectivity index (χ0) is 11.5. The lowest BCUT2D eigenvalue weighted by molar-refractivity contribution is -0.135. The summed E-state index contributed by atoms with van der Waals surface area (Å²) in [6.45, 7) is 2.09. The smallest absolute Gasteiger partial charge is 0.230 e. The van der Waals surface area contributed by atoms with Crippen LogP contribution in [0.4, 0.5) is 0 Å². The summed E-state index contributed by atoms with van der Waals surface area (Å²) in [5, 5.41) is 0. The van der Waals surface area contributed by atoms with Crippen LogP contribution in [0.15, 0.2) is 24.4 Å². The van der Waals surface area contributed by atoms with Crippen molar-refractivity contribution in [2.45, 2.75) is 26.2 Å². The Balaban J connectivity index is 2.02. The van der Waals surface area contributed by atoms with E-state index in [-0.39, 0.29) is 17.6 Å². The second-order valence-corrected chi connectivity index (χ2v) is 4.54. The van der Waals surface area contributed by atoms with Gasteiger partial charge in [0.05, 0.1) is 0 Å². The van der Waals surface area contributed by atoms with Gasteiger partial charge in [0.2, 0.25) is 5.91 Å². The van der Waals surface area contributed by atoms with Crippen molar-refractivity contribution in [3.05, 3.63) is 24.4 Å². The highest BCUT2D eigenvalue weighted by molar-refractivity contribution is 5.83. The minimum atomic E-state index is 0.0990. The number of ketones is 1. The molecule has 0 radical (unpaired) electrons. The maximum absolute atomic E-state index is 12.1. The minimum absolute atomic E-state index is 0.0990. The fourth-order valence-electron chi connectivity index (χ4n) is 2.30. The van der Waals surface area contributed by atoms with Gasteiger partial charge in [-0.2, -0.15) is 0 Å². The van der Waals surface area contributed by atoms with E-state index in [0.29, 0.717) is 18.9 Å². The van der Waals surface area contributed by atoms with Gasteiger partial charge in [-0.05, 0) is 25.7 Å². The SMILES string of the molecule is CC(=O)CCN1C=C[C@@H]2CC=CC[C@H]2C1=O. The van der Waals surface area contributed by atoms with Gasteiger partial charge >= 0.3 is 0 Å². The molecule has 0 fully saturated rings. The number of carbonyl (C=O) groups is 2. The van der Waals surface area contributed by atoms with E-state index in [4.69, 9.17) is 0 Å². The number of hydrogen-bond donors (Lipinski definition) is 0. The van der Waals surface area contributed by atoms with Crippen molar-refractivity contribution in [2.24, 2.45) is 11.8 Å². The van der Waals surface area contributed by atoms with Crippen molar-refractivity contribution in [2.75, 3.05) is 6.54 Å². The lowest BCUT2D eigenvalue weighted by atomic mass is 9.80. The molecule has 0 saturated carbocycles. The minimum Gasteiger partial charge on any atom is -0.319 e. The maximum atomic E-state index is 12.1. The first-order valence-electron chi connectivity index (χ1n) is 5.81. The van der Waals surface area contributed by atoms with E-state index in [1.54, 1.807) is 11.8 Å². The molecule has 0 spiro atoms. The molecule has 1 heterocycles. The zero-order valence-corrected chi connectivity index (χ0v) is 9.56. The van der Waals surface area contributed by atoms with Crippen molar-refractivity contribution in [3.63, 3.8) is 0 Å². The first-order chi connectivity index (χ1) is 7.68. The zero-order valence-electron chi connectivity index (χ0n) is 9.56. The van der Waals surface area contributed by atoms with Crippen LogP contribution in [0.5, 0.6) is 0 Å². The molecule has 2 aliphatic rings. The van der Waals surface area contributed by atoms with E-state index in [1.807, 2.05) is 6.20 Å². The van der Waals surface area contributed by atoms with Crippen LogP contribution in [0.2, 0.25) is 0 Å². The Labute approximate surface area is 95.8 Å². The van der Waals surface area contributed by atoms with E-state index in [1.165, 1.54) is 0 Å². The average Bonchev–Trinajstić information content (AvgIpc) is 2.28. The van der Waals surface area contributed by atoms with Crippen molar-refractivity contribution >= 4 is 11.7 Å².